The van der Waals surface area contributed by atoms with Crippen molar-refractivity contribution in [2.24, 2.45) is 5.73 Å². The first-order valence-electron chi connectivity index (χ1n) is 4.22. The Labute approximate surface area is 88.9 Å². The molecule has 1 aromatic rings. The Hall–Kier alpha value is -1.63. The van der Waals surface area contributed by atoms with Crippen molar-refractivity contribution < 1.29 is 23.1 Å². The normalized spacial score (nSPS) is 15.6. The predicted octanol–water partition coefficient (Wildman–Crippen LogP) is 0.950. The average Bonchev–Trinajstić information content (AvgIpc) is 2.16. The highest BCUT2D eigenvalue weighted by molar-refractivity contribution is 5.94. The maximum atomic E-state index is 12.5. The van der Waals surface area contributed by atoms with Crippen LogP contribution in [0, 0.1) is 0 Å². The summed E-state index contributed by atoms with van der Waals surface area (Å²) in [5, 5.41) is 9.36. The van der Waals surface area contributed by atoms with Crippen LogP contribution in [0.2, 0.25) is 0 Å². The van der Waals surface area contributed by atoms with Gasteiger partial charge in [-0.2, -0.15) is 13.2 Å². The molecule has 0 radical (unpaired) electrons. The topological polar surface area (TPSA) is 76.2 Å². The van der Waals surface area contributed by atoms with Gasteiger partial charge in [0.25, 0.3) is 5.91 Å². The first-order valence-corrected chi connectivity index (χ1v) is 4.22. The SMILES string of the molecule is CC(O)(c1ncccc1C(N)=O)C(F)(F)F. The van der Waals surface area contributed by atoms with Crippen molar-refractivity contribution in [2.75, 3.05) is 0 Å². The smallest absolute Gasteiger partial charge is 0.375 e. The van der Waals surface area contributed by atoms with Crippen LogP contribution in [0.3, 0.4) is 0 Å². The van der Waals surface area contributed by atoms with Crippen LogP contribution in [0.4, 0.5) is 13.2 Å². The van der Waals surface area contributed by atoms with Crippen molar-refractivity contribution in [1.29, 1.82) is 0 Å². The quantitative estimate of drug-likeness (QED) is 0.799. The third kappa shape index (κ3) is 1.99. The van der Waals surface area contributed by atoms with Gasteiger partial charge in [-0.1, -0.05) is 0 Å². The number of hydrogen-bond acceptors (Lipinski definition) is 3. The number of carbonyl (C=O) groups is 1. The van der Waals surface area contributed by atoms with Crippen molar-refractivity contribution in [3.8, 4) is 0 Å². The molecule has 0 aliphatic rings. The van der Waals surface area contributed by atoms with Gasteiger partial charge < -0.3 is 10.8 Å². The number of pyridine rings is 1. The van der Waals surface area contributed by atoms with Gasteiger partial charge in [-0.15, -0.1) is 0 Å². The fraction of sp³-hybridized carbons (Fsp3) is 0.333. The van der Waals surface area contributed by atoms with Gasteiger partial charge in [0.1, 0.15) is 0 Å². The highest BCUT2D eigenvalue weighted by Crippen LogP contribution is 2.38. The number of halogens is 3. The molecule has 0 saturated carbocycles. The first-order chi connectivity index (χ1) is 7.18. The summed E-state index contributed by atoms with van der Waals surface area (Å²) < 4.78 is 37.6. The highest BCUT2D eigenvalue weighted by Gasteiger charge is 2.53. The lowest BCUT2D eigenvalue weighted by atomic mass is 9.96. The van der Waals surface area contributed by atoms with Gasteiger partial charge in [0.15, 0.2) is 0 Å². The van der Waals surface area contributed by atoms with E-state index in [-0.39, 0.29) is 0 Å². The highest BCUT2D eigenvalue weighted by atomic mass is 19.4. The predicted molar refractivity (Wildman–Crippen MR) is 48.4 cm³/mol. The van der Waals surface area contributed by atoms with Crippen molar-refractivity contribution in [3.05, 3.63) is 29.6 Å². The first kappa shape index (κ1) is 12.4. The molecule has 0 saturated heterocycles. The Morgan fingerprint density at radius 3 is 2.50 bits per heavy atom. The lowest BCUT2D eigenvalue weighted by Crippen LogP contribution is -2.41. The third-order valence-electron chi connectivity index (χ3n) is 2.09. The van der Waals surface area contributed by atoms with Crippen molar-refractivity contribution in [2.45, 2.75) is 18.7 Å². The number of alkyl halides is 3. The van der Waals surface area contributed by atoms with Gasteiger partial charge in [-0.25, -0.2) is 0 Å². The van der Waals surface area contributed by atoms with Gasteiger partial charge in [0.05, 0.1) is 11.3 Å². The molecule has 1 amide bonds. The number of hydrogen-bond donors (Lipinski definition) is 2. The van der Waals surface area contributed by atoms with Crippen LogP contribution in [-0.2, 0) is 5.60 Å². The van der Waals surface area contributed by atoms with Gasteiger partial charge in [0, 0.05) is 6.20 Å². The van der Waals surface area contributed by atoms with E-state index in [0.29, 0.717) is 6.92 Å². The fourth-order valence-corrected chi connectivity index (χ4v) is 1.13. The number of carbonyl (C=O) groups excluding carboxylic acids is 1. The summed E-state index contributed by atoms with van der Waals surface area (Å²) >= 11 is 0. The molecule has 4 nitrogen and oxygen atoms in total. The minimum Gasteiger partial charge on any atom is -0.375 e. The number of aromatic nitrogens is 1. The molecular formula is C9H9F3N2O2. The Balaban J connectivity index is 3.39. The Kier molecular flexibility index (Phi) is 2.91. The van der Waals surface area contributed by atoms with E-state index < -0.39 is 28.9 Å². The summed E-state index contributed by atoms with van der Waals surface area (Å²) in [5.74, 6) is -1.08. The zero-order valence-electron chi connectivity index (χ0n) is 8.25. The van der Waals surface area contributed by atoms with Crippen LogP contribution in [-0.4, -0.2) is 22.2 Å². The minimum absolute atomic E-state index is 0.454. The van der Waals surface area contributed by atoms with Crippen LogP contribution in [0.1, 0.15) is 23.0 Å². The van der Waals surface area contributed by atoms with E-state index in [2.05, 4.69) is 4.98 Å². The summed E-state index contributed by atoms with van der Waals surface area (Å²) in [6, 6.07) is 2.33. The summed E-state index contributed by atoms with van der Waals surface area (Å²) in [6.45, 7) is 0.516. The Bertz CT molecular complexity index is 415. The molecule has 0 aromatic carbocycles. The maximum absolute atomic E-state index is 12.5. The number of aliphatic hydroxyl groups is 1. The maximum Gasteiger partial charge on any atom is 0.422 e. The second kappa shape index (κ2) is 3.75. The molecule has 1 unspecified atom stereocenters. The summed E-state index contributed by atoms with van der Waals surface area (Å²) in [7, 11) is 0. The number of amides is 1. The van der Waals surface area contributed by atoms with E-state index in [1.165, 1.54) is 6.07 Å². The number of primary amides is 1. The second-order valence-corrected chi connectivity index (χ2v) is 3.33. The van der Waals surface area contributed by atoms with Gasteiger partial charge >= 0.3 is 6.18 Å². The Morgan fingerprint density at radius 2 is 2.06 bits per heavy atom. The van der Waals surface area contributed by atoms with Crippen molar-refractivity contribution >= 4 is 5.91 Å². The molecule has 1 rings (SSSR count). The molecule has 3 N–H and O–H groups in total. The molecule has 0 spiro atoms. The minimum atomic E-state index is -4.94. The molecule has 88 valence electrons. The van der Waals surface area contributed by atoms with Crippen LogP contribution >= 0.6 is 0 Å². The third-order valence-corrected chi connectivity index (χ3v) is 2.09. The van der Waals surface area contributed by atoms with E-state index in [9.17, 15) is 23.1 Å². The van der Waals surface area contributed by atoms with Gasteiger partial charge in [-0.05, 0) is 19.1 Å². The fourth-order valence-electron chi connectivity index (χ4n) is 1.13. The molecule has 0 bridgehead atoms. The Morgan fingerprint density at radius 1 is 1.50 bits per heavy atom. The van der Waals surface area contributed by atoms with Crippen LogP contribution in [0.5, 0.6) is 0 Å². The van der Waals surface area contributed by atoms with Crippen molar-refractivity contribution in [1.82, 2.24) is 4.98 Å². The zero-order valence-corrected chi connectivity index (χ0v) is 8.25. The van der Waals surface area contributed by atoms with E-state index >= 15 is 0 Å². The van der Waals surface area contributed by atoms with Crippen LogP contribution < -0.4 is 5.73 Å². The lowest BCUT2D eigenvalue weighted by Gasteiger charge is -2.26. The standard InChI is InChI=1S/C9H9F3N2O2/c1-8(16,9(10,11)12)6-5(7(13)15)3-2-4-14-6/h2-4,16H,1H3,(H2,13,15). The number of nitrogens with two attached hydrogens (primary N) is 1. The molecule has 1 aromatic heterocycles. The van der Waals surface area contributed by atoms with Crippen molar-refractivity contribution in [3.63, 3.8) is 0 Å². The van der Waals surface area contributed by atoms with Gasteiger partial charge in [0.2, 0.25) is 5.60 Å². The van der Waals surface area contributed by atoms with Gasteiger partial charge in [-0.3, -0.25) is 9.78 Å². The van der Waals surface area contributed by atoms with E-state index in [0.717, 1.165) is 12.3 Å². The molecule has 1 heterocycles. The monoisotopic (exact) mass is 234 g/mol. The molecule has 1 atom stereocenters. The number of rotatable bonds is 2. The molecule has 7 heteroatoms. The molecule has 0 aliphatic carbocycles. The zero-order chi connectivity index (χ0) is 12.6. The largest absolute Gasteiger partial charge is 0.422 e. The molecule has 16 heavy (non-hydrogen) atoms. The molecule has 0 aliphatic heterocycles. The molecule has 0 fully saturated rings. The van der Waals surface area contributed by atoms with E-state index in [1.54, 1.807) is 0 Å². The lowest BCUT2D eigenvalue weighted by molar-refractivity contribution is -0.260. The summed E-state index contributed by atoms with van der Waals surface area (Å²) in [5.41, 5.74) is 0.437. The van der Waals surface area contributed by atoms with E-state index in [4.69, 9.17) is 5.73 Å². The average molecular weight is 234 g/mol. The number of nitrogens with zero attached hydrogens (tertiary/aromatic N) is 1. The second-order valence-electron chi connectivity index (χ2n) is 3.33. The van der Waals surface area contributed by atoms with Crippen LogP contribution in [0.25, 0.3) is 0 Å². The van der Waals surface area contributed by atoms with Crippen LogP contribution in [0.15, 0.2) is 18.3 Å². The summed E-state index contributed by atoms with van der Waals surface area (Å²) in [4.78, 5) is 14.3. The summed E-state index contributed by atoms with van der Waals surface area (Å²) in [6.07, 6.45) is -3.90. The van der Waals surface area contributed by atoms with E-state index in [1.807, 2.05) is 0 Å². The molecular weight excluding hydrogens is 225 g/mol.